The van der Waals surface area contributed by atoms with Crippen LogP contribution in [-0.4, -0.2) is 41.7 Å². The Morgan fingerprint density at radius 1 is 1.33 bits per heavy atom. The summed E-state index contributed by atoms with van der Waals surface area (Å²) in [5, 5.41) is 6.56. The fourth-order valence-corrected chi connectivity index (χ4v) is 3.70. The number of nitrogens with two attached hydrogens (primary N) is 1. The molecule has 2 atom stereocenters. The number of hydrogen-bond donors (Lipinski definition) is 3. The van der Waals surface area contributed by atoms with E-state index in [9.17, 15) is 9.59 Å². The lowest BCUT2D eigenvalue weighted by Gasteiger charge is -2.57. The first kappa shape index (κ1) is 19.4. The number of rotatable bonds is 6. The van der Waals surface area contributed by atoms with E-state index < -0.39 is 11.0 Å². The fourth-order valence-electron chi connectivity index (χ4n) is 3.70. The van der Waals surface area contributed by atoms with E-state index >= 15 is 0 Å². The minimum atomic E-state index is -0.980. The van der Waals surface area contributed by atoms with Crippen molar-refractivity contribution in [2.24, 2.45) is 11.1 Å². The van der Waals surface area contributed by atoms with E-state index in [4.69, 9.17) is 10.5 Å². The maximum absolute atomic E-state index is 12.9. The van der Waals surface area contributed by atoms with Crippen LogP contribution in [0.15, 0.2) is 30.5 Å². The summed E-state index contributed by atoms with van der Waals surface area (Å²) in [6.07, 6.45) is 2.33. The van der Waals surface area contributed by atoms with Gasteiger partial charge in [-0.3, -0.25) is 9.59 Å². The lowest BCUT2D eigenvalue weighted by Crippen LogP contribution is -2.74. The fraction of sp³-hybridized carbons (Fsp3) is 0.500. The van der Waals surface area contributed by atoms with E-state index in [2.05, 4.69) is 10.6 Å². The van der Waals surface area contributed by atoms with Crippen LogP contribution in [0.4, 0.5) is 5.69 Å². The number of amides is 2. The second kappa shape index (κ2) is 6.98. The van der Waals surface area contributed by atoms with Crippen LogP contribution in [0, 0.1) is 5.41 Å². The molecule has 2 unspecified atom stereocenters. The van der Waals surface area contributed by atoms with Crippen molar-refractivity contribution < 1.29 is 14.3 Å². The average Bonchev–Trinajstić information content (AvgIpc) is 3.03. The molecular weight excluding hydrogens is 344 g/mol. The van der Waals surface area contributed by atoms with E-state index in [1.807, 2.05) is 55.8 Å². The highest BCUT2D eigenvalue weighted by Crippen LogP contribution is 2.50. The van der Waals surface area contributed by atoms with Gasteiger partial charge in [0.2, 0.25) is 11.8 Å². The molecule has 1 aliphatic carbocycles. The van der Waals surface area contributed by atoms with Gasteiger partial charge in [0.05, 0.1) is 11.6 Å². The molecule has 7 nitrogen and oxygen atoms in total. The van der Waals surface area contributed by atoms with Crippen molar-refractivity contribution in [2.45, 2.75) is 45.4 Å². The van der Waals surface area contributed by atoms with Crippen molar-refractivity contribution in [1.29, 1.82) is 0 Å². The normalized spacial score (nSPS) is 23.7. The maximum atomic E-state index is 12.9. The van der Waals surface area contributed by atoms with Gasteiger partial charge in [0, 0.05) is 37.4 Å². The minimum Gasteiger partial charge on any atom is -0.378 e. The lowest BCUT2D eigenvalue weighted by molar-refractivity contribution is -0.166. The highest BCUT2D eigenvalue weighted by atomic mass is 16.5. The van der Waals surface area contributed by atoms with Gasteiger partial charge in [0.15, 0.2) is 0 Å². The van der Waals surface area contributed by atoms with Gasteiger partial charge in [0.25, 0.3) is 0 Å². The molecule has 1 aliphatic rings. The first-order chi connectivity index (χ1) is 12.7. The van der Waals surface area contributed by atoms with Gasteiger partial charge in [-0.1, -0.05) is 19.9 Å². The molecule has 1 fully saturated rings. The summed E-state index contributed by atoms with van der Waals surface area (Å²) in [7, 11) is 1.61. The summed E-state index contributed by atoms with van der Waals surface area (Å²) < 4.78 is 7.55. The smallest absolute Gasteiger partial charge is 0.245 e. The molecule has 2 amide bonds. The Balaban J connectivity index is 1.79. The van der Waals surface area contributed by atoms with Crippen molar-refractivity contribution in [3.05, 3.63) is 30.5 Å². The third kappa shape index (κ3) is 3.21. The molecule has 0 spiro atoms. The summed E-state index contributed by atoms with van der Waals surface area (Å²) in [4.78, 5) is 24.6. The molecule has 3 rings (SSSR count). The molecule has 2 aromatic rings. The number of nitrogens with one attached hydrogen (secondary N) is 2. The van der Waals surface area contributed by atoms with Crippen LogP contribution in [0.25, 0.3) is 10.9 Å². The summed E-state index contributed by atoms with van der Waals surface area (Å²) in [6.45, 7) is 6.70. The van der Waals surface area contributed by atoms with Gasteiger partial charge in [0.1, 0.15) is 12.1 Å². The van der Waals surface area contributed by atoms with Crippen LogP contribution in [0.5, 0.6) is 0 Å². The van der Waals surface area contributed by atoms with E-state index in [1.54, 1.807) is 7.05 Å². The maximum Gasteiger partial charge on any atom is 0.245 e. The lowest BCUT2D eigenvalue weighted by atomic mass is 9.54. The number of likely N-dealkylation sites (N-methyl/N-ethyl adjacent to an activating group) is 1. The predicted octanol–water partition coefficient (Wildman–Crippen LogP) is 1.86. The standard InChI is InChI=1S/C20H28N4O3/c1-5-27-16-11-20(21,19(16,2)3)18(26)23-14-7-6-13-8-9-24(15(13)10-14)12-17(25)22-4/h6-10,16H,5,11-12,21H2,1-4H3,(H,22,25)(H,23,26). The number of ether oxygens (including phenoxy) is 1. The van der Waals surface area contributed by atoms with Gasteiger partial charge < -0.3 is 25.7 Å². The molecule has 0 bridgehead atoms. The quantitative estimate of drug-likeness (QED) is 0.721. The third-order valence-corrected chi connectivity index (χ3v) is 5.86. The van der Waals surface area contributed by atoms with Crippen molar-refractivity contribution in [3.63, 3.8) is 0 Å². The van der Waals surface area contributed by atoms with Crippen LogP contribution in [0.2, 0.25) is 0 Å². The molecule has 1 saturated carbocycles. The number of aromatic nitrogens is 1. The molecule has 1 heterocycles. The first-order valence-electron chi connectivity index (χ1n) is 9.24. The Morgan fingerprint density at radius 3 is 2.70 bits per heavy atom. The Kier molecular flexibility index (Phi) is 5.01. The first-order valence-corrected chi connectivity index (χ1v) is 9.24. The SMILES string of the molecule is CCOC1CC(N)(C(=O)Nc2ccc3ccn(CC(=O)NC)c3c2)C1(C)C. The number of benzene rings is 1. The highest BCUT2D eigenvalue weighted by molar-refractivity contribution is 6.01. The van der Waals surface area contributed by atoms with Crippen LogP contribution in [0.3, 0.4) is 0 Å². The van der Waals surface area contributed by atoms with Gasteiger partial charge in [-0.05, 0) is 30.5 Å². The van der Waals surface area contributed by atoms with Crippen molar-refractivity contribution in [3.8, 4) is 0 Å². The molecule has 0 radical (unpaired) electrons. The molecule has 27 heavy (non-hydrogen) atoms. The van der Waals surface area contributed by atoms with E-state index in [0.29, 0.717) is 18.7 Å². The van der Waals surface area contributed by atoms with Crippen LogP contribution in [0.1, 0.15) is 27.2 Å². The Bertz CT molecular complexity index is 873. The highest BCUT2D eigenvalue weighted by Gasteiger charge is 2.62. The van der Waals surface area contributed by atoms with Crippen LogP contribution < -0.4 is 16.4 Å². The number of fused-ring (bicyclic) bond motifs is 1. The second-order valence-corrected chi connectivity index (χ2v) is 7.69. The van der Waals surface area contributed by atoms with Crippen molar-refractivity contribution in [1.82, 2.24) is 9.88 Å². The summed E-state index contributed by atoms with van der Waals surface area (Å²) in [5.74, 6) is -0.298. The van der Waals surface area contributed by atoms with E-state index in [1.165, 1.54) is 0 Å². The number of carbonyl (C=O) groups excluding carboxylic acids is 2. The van der Waals surface area contributed by atoms with E-state index in [0.717, 1.165) is 10.9 Å². The Morgan fingerprint density at radius 2 is 2.07 bits per heavy atom. The molecule has 4 N–H and O–H groups in total. The van der Waals surface area contributed by atoms with E-state index in [-0.39, 0.29) is 24.5 Å². The summed E-state index contributed by atoms with van der Waals surface area (Å²) >= 11 is 0. The number of nitrogens with zero attached hydrogens (tertiary/aromatic N) is 1. The molecule has 1 aromatic carbocycles. The zero-order valence-electron chi connectivity index (χ0n) is 16.3. The average molecular weight is 372 g/mol. The predicted molar refractivity (Wildman–Crippen MR) is 105 cm³/mol. The zero-order valence-corrected chi connectivity index (χ0v) is 16.3. The Hall–Kier alpha value is -2.38. The van der Waals surface area contributed by atoms with Gasteiger partial charge >= 0.3 is 0 Å². The minimum absolute atomic E-state index is 0.0227. The topological polar surface area (TPSA) is 98.4 Å². The monoisotopic (exact) mass is 372 g/mol. The molecule has 0 aliphatic heterocycles. The largest absolute Gasteiger partial charge is 0.378 e. The van der Waals surface area contributed by atoms with Crippen LogP contribution >= 0.6 is 0 Å². The van der Waals surface area contributed by atoms with Crippen molar-refractivity contribution in [2.75, 3.05) is 19.0 Å². The van der Waals surface area contributed by atoms with Crippen LogP contribution in [-0.2, 0) is 20.9 Å². The zero-order chi connectivity index (χ0) is 19.8. The molecule has 0 saturated heterocycles. The third-order valence-electron chi connectivity index (χ3n) is 5.86. The second-order valence-electron chi connectivity index (χ2n) is 7.69. The molecule has 146 valence electrons. The summed E-state index contributed by atoms with van der Waals surface area (Å²) in [6, 6.07) is 7.57. The number of hydrogen-bond acceptors (Lipinski definition) is 4. The van der Waals surface area contributed by atoms with Gasteiger partial charge in [-0.25, -0.2) is 0 Å². The molecule has 1 aromatic heterocycles. The van der Waals surface area contributed by atoms with Gasteiger partial charge in [-0.15, -0.1) is 0 Å². The Labute approximate surface area is 159 Å². The number of anilines is 1. The molecular formula is C20H28N4O3. The van der Waals surface area contributed by atoms with Gasteiger partial charge in [-0.2, -0.15) is 0 Å². The van der Waals surface area contributed by atoms with Crippen molar-refractivity contribution >= 4 is 28.4 Å². The number of carbonyl (C=O) groups is 2. The summed E-state index contributed by atoms with van der Waals surface area (Å²) in [5.41, 5.74) is 6.56. The molecule has 7 heteroatoms.